The molecule has 0 unspecified atom stereocenters. The van der Waals surface area contributed by atoms with Gasteiger partial charge in [0.15, 0.2) is 0 Å². The first-order valence-electron chi connectivity index (χ1n) is 10.1. The van der Waals surface area contributed by atoms with Crippen molar-refractivity contribution in [3.8, 4) is 0 Å². The maximum Gasteiger partial charge on any atom is 0.0701 e. The molecule has 1 aliphatic rings. The van der Waals surface area contributed by atoms with E-state index in [9.17, 15) is 0 Å². The van der Waals surface area contributed by atoms with Gasteiger partial charge in [-0.3, -0.25) is 0 Å². The Hall–Kier alpha value is -0.240. The Morgan fingerprint density at radius 3 is 0.885 bits per heavy atom. The molecule has 1 heterocycles. The van der Waals surface area contributed by atoms with E-state index in [2.05, 4.69) is 27.7 Å². The lowest BCUT2D eigenvalue weighted by molar-refractivity contribution is -0.0415. The first-order valence-corrected chi connectivity index (χ1v) is 10.1. The molecule has 0 N–H and O–H groups in total. The van der Waals surface area contributed by atoms with Gasteiger partial charge in [0.25, 0.3) is 0 Å². The molecule has 0 spiro atoms. The van der Waals surface area contributed by atoms with Crippen molar-refractivity contribution in [2.75, 3.05) is 79.3 Å². The lowest BCUT2D eigenvalue weighted by Gasteiger charge is -2.22. The maximum atomic E-state index is 5.74. The van der Waals surface area contributed by atoms with Crippen LogP contribution in [0.5, 0.6) is 0 Å². The molecule has 1 aliphatic heterocycles. The third-order valence-corrected chi connectivity index (χ3v) is 4.70. The zero-order valence-electron chi connectivity index (χ0n) is 17.2. The summed E-state index contributed by atoms with van der Waals surface area (Å²) >= 11 is 0. The van der Waals surface area contributed by atoms with Crippen LogP contribution in [0.3, 0.4) is 0 Å². The van der Waals surface area contributed by atoms with E-state index >= 15 is 0 Å². The monoisotopic (exact) mass is 376 g/mol. The molecule has 0 radical (unpaired) electrons. The van der Waals surface area contributed by atoms with E-state index < -0.39 is 0 Å². The van der Waals surface area contributed by atoms with Crippen molar-refractivity contribution in [1.29, 1.82) is 0 Å². The van der Waals surface area contributed by atoms with Gasteiger partial charge in [-0.2, -0.15) is 0 Å². The highest BCUT2D eigenvalue weighted by Crippen LogP contribution is 2.13. The second-order valence-electron chi connectivity index (χ2n) is 7.53. The summed E-state index contributed by atoms with van der Waals surface area (Å²) in [4.78, 5) is 0. The number of ether oxygens (including phenoxy) is 6. The second kappa shape index (κ2) is 15.8. The molecule has 1 rings (SSSR count). The lowest BCUT2D eigenvalue weighted by Crippen LogP contribution is -2.25. The molecule has 0 saturated carbocycles. The van der Waals surface area contributed by atoms with Gasteiger partial charge < -0.3 is 28.4 Å². The van der Waals surface area contributed by atoms with E-state index in [1.165, 1.54) is 0 Å². The topological polar surface area (TPSA) is 55.4 Å². The SMILES string of the molecule is CC(C)C1COCCOCCOCC(C(C)C)COCCOCCOC1. The fourth-order valence-corrected chi connectivity index (χ4v) is 2.48. The highest BCUT2D eigenvalue weighted by atomic mass is 16.6. The molecule has 0 bridgehead atoms. The van der Waals surface area contributed by atoms with Gasteiger partial charge in [-0.25, -0.2) is 0 Å². The highest BCUT2D eigenvalue weighted by Gasteiger charge is 2.15. The Labute approximate surface area is 159 Å². The summed E-state index contributed by atoms with van der Waals surface area (Å²) in [6.07, 6.45) is 0. The average molecular weight is 377 g/mol. The molecule has 0 amide bonds. The summed E-state index contributed by atoms with van der Waals surface area (Å²) in [7, 11) is 0. The largest absolute Gasteiger partial charge is 0.379 e. The minimum atomic E-state index is 0.389. The van der Waals surface area contributed by atoms with Gasteiger partial charge in [0.2, 0.25) is 0 Å². The molecule has 0 aromatic carbocycles. The smallest absolute Gasteiger partial charge is 0.0701 e. The summed E-state index contributed by atoms with van der Waals surface area (Å²) < 4.78 is 34.1. The van der Waals surface area contributed by atoms with Crippen LogP contribution in [0.4, 0.5) is 0 Å². The average Bonchev–Trinajstić information content (AvgIpc) is 2.60. The fraction of sp³-hybridized carbons (Fsp3) is 1.00. The van der Waals surface area contributed by atoms with Crippen LogP contribution in [0, 0.1) is 23.7 Å². The molecule has 1 fully saturated rings. The van der Waals surface area contributed by atoms with Gasteiger partial charge in [-0.1, -0.05) is 27.7 Å². The van der Waals surface area contributed by atoms with Crippen molar-refractivity contribution < 1.29 is 28.4 Å². The fourth-order valence-electron chi connectivity index (χ4n) is 2.48. The molecule has 0 aromatic rings. The van der Waals surface area contributed by atoms with Gasteiger partial charge >= 0.3 is 0 Å². The standard InChI is InChI=1S/C20H40O6/c1-17(2)19-13-23-9-5-21-7-11-25-15-20(18(3)4)16-26-12-8-22-6-10-24-14-19/h17-20H,5-16H2,1-4H3. The van der Waals surface area contributed by atoms with E-state index in [0.717, 1.165) is 0 Å². The zero-order valence-corrected chi connectivity index (χ0v) is 17.2. The number of rotatable bonds is 2. The summed E-state index contributed by atoms with van der Waals surface area (Å²) in [5.41, 5.74) is 0. The van der Waals surface area contributed by atoms with E-state index in [0.29, 0.717) is 103 Å². The third-order valence-electron chi connectivity index (χ3n) is 4.70. The van der Waals surface area contributed by atoms with Gasteiger partial charge in [0.1, 0.15) is 0 Å². The predicted octanol–water partition coefficient (Wildman–Crippen LogP) is 2.64. The Bertz CT molecular complexity index is 261. The molecule has 6 heteroatoms. The van der Waals surface area contributed by atoms with E-state index in [-0.39, 0.29) is 0 Å². The van der Waals surface area contributed by atoms with Gasteiger partial charge in [-0.15, -0.1) is 0 Å². The van der Waals surface area contributed by atoms with Crippen LogP contribution >= 0.6 is 0 Å². The minimum Gasteiger partial charge on any atom is -0.379 e. The van der Waals surface area contributed by atoms with Crippen LogP contribution in [-0.2, 0) is 28.4 Å². The van der Waals surface area contributed by atoms with Crippen molar-refractivity contribution in [2.24, 2.45) is 23.7 Å². The molecular weight excluding hydrogens is 336 g/mol. The van der Waals surface area contributed by atoms with Crippen LogP contribution in [0.2, 0.25) is 0 Å². The van der Waals surface area contributed by atoms with Crippen LogP contribution in [0.25, 0.3) is 0 Å². The number of hydrogen-bond acceptors (Lipinski definition) is 6. The lowest BCUT2D eigenvalue weighted by atomic mass is 9.98. The van der Waals surface area contributed by atoms with Gasteiger partial charge in [-0.05, 0) is 11.8 Å². The second-order valence-corrected chi connectivity index (χ2v) is 7.53. The summed E-state index contributed by atoms with van der Waals surface area (Å²) in [5.74, 6) is 1.82. The predicted molar refractivity (Wildman–Crippen MR) is 102 cm³/mol. The van der Waals surface area contributed by atoms with Crippen molar-refractivity contribution in [3.05, 3.63) is 0 Å². The first-order chi connectivity index (χ1) is 12.6. The molecule has 156 valence electrons. The zero-order chi connectivity index (χ0) is 19.0. The molecule has 26 heavy (non-hydrogen) atoms. The Morgan fingerprint density at radius 1 is 0.423 bits per heavy atom. The Balaban J connectivity index is 2.33. The van der Waals surface area contributed by atoms with Crippen LogP contribution in [-0.4, -0.2) is 79.3 Å². The normalized spacial score (nSPS) is 27.5. The Morgan fingerprint density at radius 2 is 0.654 bits per heavy atom. The molecule has 0 atom stereocenters. The summed E-state index contributed by atoms with van der Waals surface area (Å²) in [5, 5.41) is 0. The maximum absolute atomic E-state index is 5.74. The third kappa shape index (κ3) is 12.2. The summed E-state index contributed by atoms with van der Waals surface area (Å²) in [6.45, 7) is 16.4. The Kier molecular flexibility index (Phi) is 14.4. The van der Waals surface area contributed by atoms with E-state index in [1.54, 1.807) is 0 Å². The summed E-state index contributed by atoms with van der Waals surface area (Å²) in [6, 6.07) is 0. The number of hydrogen-bond donors (Lipinski definition) is 0. The molecule has 1 saturated heterocycles. The highest BCUT2D eigenvalue weighted by molar-refractivity contribution is 4.62. The molecular formula is C20H40O6. The first kappa shape index (κ1) is 23.8. The van der Waals surface area contributed by atoms with Crippen LogP contribution in [0.1, 0.15) is 27.7 Å². The van der Waals surface area contributed by atoms with Crippen molar-refractivity contribution in [1.82, 2.24) is 0 Å². The van der Waals surface area contributed by atoms with Gasteiger partial charge in [0, 0.05) is 11.8 Å². The van der Waals surface area contributed by atoms with Crippen LogP contribution < -0.4 is 0 Å². The quantitative estimate of drug-likeness (QED) is 0.738. The minimum absolute atomic E-state index is 0.389. The van der Waals surface area contributed by atoms with E-state index in [4.69, 9.17) is 28.4 Å². The van der Waals surface area contributed by atoms with Crippen molar-refractivity contribution in [2.45, 2.75) is 27.7 Å². The van der Waals surface area contributed by atoms with E-state index in [1.807, 2.05) is 0 Å². The molecule has 0 aliphatic carbocycles. The molecule has 6 nitrogen and oxygen atoms in total. The van der Waals surface area contributed by atoms with Crippen molar-refractivity contribution >= 4 is 0 Å². The van der Waals surface area contributed by atoms with Crippen molar-refractivity contribution in [3.63, 3.8) is 0 Å². The van der Waals surface area contributed by atoms with Gasteiger partial charge in [0.05, 0.1) is 79.3 Å². The van der Waals surface area contributed by atoms with Crippen LogP contribution in [0.15, 0.2) is 0 Å². The molecule has 0 aromatic heterocycles.